The Morgan fingerprint density at radius 2 is 1.81 bits per heavy atom. The highest BCUT2D eigenvalue weighted by Gasteiger charge is 2.40. The monoisotopic (exact) mass is 368 g/mol. The van der Waals surface area contributed by atoms with Gasteiger partial charge < -0.3 is 9.47 Å². The lowest BCUT2D eigenvalue weighted by molar-refractivity contribution is 0.306. The van der Waals surface area contributed by atoms with E-state index in [4.69, 9.17) is 0 Å². The maximum Gasteiger partial charge on any atom is 0.257 e. The Morgan fingerprint density at radius 1 is 1.11 bits per heavy atom. The molecule has 0 saturated carbocycles. The molecule has 4 heterocycles. The minimum atomic E-state index is 0.0278. The van der Waals surface area contributed by atoms with E-state index in [-0.39, 0.29) is 11.0 Å². The third-order valence-electron chi connectivity index (χ3n) is 5.77. The number of aromatic nitrogens is 4. The summed E-state index contributed by atoms with van der Waals surface area (Å²) in [7, 11) is 1.75. The number of aryl methyl sites for hydroxylation is 1. The Balaban J connectivity index is 1.41. The highest BCUT2D eigenvalue weighted by Crippen LogP contribution is 2.34. The summed E-state index contributed by atoms with van der Waals surface area (Å²) in [5.74, 6) is 2.29. The largest absolute Gasteiger partial charge is 0.356 e. The molecular formula is C20H28N6O. The van der Waals surface area contributed by atoms with Gasteiger partial charge in [0.1, 0.15) is 12.1 Å². The van der Waals surface area contributed by atoms with Crippen LogP contribution in [-0.2, 0) is 19.0 Å². The molecule has 2 aromatic heterocycles. The Hall–Kier alpha value is -2.28. The summed E-state index contributed by atoms with van der Waals surface area (Å²) in [6.45, 7) is 11.3. The molecule has 4 rings (SSSR count). The van der Waals surface area contributed by atoms with Crippen LogP contribution in [0.5, 0.6) is 0 Å². The van der Waals surface area contributed by atoms with Crippen molar-refractivity contribution in [3.63, 3.8) is 0 Å². The highest BCUT2D eigenvalue weighted by molar-refractivity contribution is 5.42. The van der Waals surface area contributed by atoms with Gasteiger partial charge in [0.05, 0.1) is 12.0 Å². The molecule has 0 bridgehead atoms. The first-order valence-electron chi connectivity index (χ1n) is 9.60. The molecule has 27 heavy (non-hydrogen) atoms. The second-order valence-electron chi connectivity index (χ2n) is 8.97. The molecule has 0 N–H and O–H groups in total. The third-order valence-corrected chi connectivity index (χ3v) is 5.77. The van der Waals surface area contributed by atoms with E-state index in [9.17, 15) is 4.79 Å². The summed E-state index contributed by atoms with van der Waals surface area (Å²) in [6, 6.07) is 2.14. The van der Waals surface area contributed by atoms with Crippen LogP contribution in [0.1, 0.15) is 32.0 Å². The molecule has 0 radical (unpaired) electrons. The van der Waals surface area contributed by atoms with Crippen molar-refractivity contribution in [2.45, 2.75) is 32.7 Å². The summed E-state index contributed by atoms with van der Waals surface area (Å²) in [5.41, 5.74) is 1.94. The zero-order valence-corrected chi connectivity index (χ0v) is 16.6. The van der Waals surface area contributed by atoms with Gasteiger partial charge in [0.2, 0.25) is 0 Å². The smallest absolute Gasteiger partial charge is 0.257 e. The zero-order valence-electron chi connectivity index (χ0n) is 16.6. The Bertz CT molecular complexity index is 873. The van der Waals surface area contributed by atoms with Crippen molar-refractivity contribution in [2.75, 3.05) is 31.1 Å². The second-order valence-corrected chi connectivity index (χ2v) is 8.97. The number of hydrogen-bond acceptors (Lipinski definition) is 6. The minimum Gasteiger partial charge on any atom is -0.356 e. The fourth-order valence-electron chi connectivity index (χ4n) is 4.24. The molecule has 7 nitrogen and oxygen atoms in total. The fourth-order valence-corrected chi connectivity index (χ4v) is 4.24. The van der Waals surface area contributed by atoms with Crippen molar-refractivity contribution in [3.05, 3.63) is 46.5 Å². The van der Waals surface area contributed by atoms with Crippen molar-refractivity contribution in [1.82, 2.24) is 24.4 Å². The first kappa shape index (κ1) is 18.1. The lowest BCUT2D eigenvalue weighted by Crippen LogP contribution is -2.32. The molecule has 0 aromatic carbocycles. The lowest BCUT2D eigenvalue weighted by atomic mass is 9.92. The first-order chi connectivity index (χ1) is 12.8. The van der Waals surface area contributed by atoms with E-state index >= 15 is 0 Å². The number of nitrogens with zero attached hydrogens (tertiary/aromatic N) is 6. The summed E-state index contributed by atoms with van der Waals surface area (Å²) in [6.07, 6.45) is 4.96. The summed E-state index contributed by atoms with van der Waals surface area (Å²) in [4.78, 5) is 30.1. The number of fused-ring (bicyclic) bond motifs is 1. The van der Waals surface area contributed by atoms with Crippen LogP contribution in [0.2, 0.25) is 0 Å². The van der Waals surface area contributed by atoms with Crippen LogP contribution >= 0.6 is 0 Å². The zero-order chi connectivity index (χ0) is 19.2. The molecule has 2 aliphatic heterocycles. The molecule has 144 valence electrons. The predicted molar refractivity (Wildman–Crippen MR) is 105 cm³/mol. The van der Waals surface area contributed by atoms with Crippen molar-refractivity contribution in [1.29, 1.82) is 0 Å². The van der Waals surface area contributed by atoms with E-state index < -0.39 is 0 Å². The molecule has 2 fully saturated rings. The fraction of sp³-hybridized carbons (Fsp3) is 0.600. The average molecular weight is 368 g/mol. The van der Waals surface area contributed by atoms with Gasteiger partial charge in [0, 0.05) is 63.0 Å². The molecule has 0 spiro atoms. The lowest BCUT2D eigenvalue weighted by Gasteiger charge is -2.24. The van der Waals surface area contributed by atoms with E-state index in [0.717, 1.165) is 43.3 Å². The van der Waals surface area contributed by atoms with Crippen molar-refractivity contribution < 1.29 is 0 Å². The maximum atomic E-state index is 12.2. The van der Waals surface area contributed by atoms with Gasteiger partial charge >= 0.3 is 0 Å². The van der Waals surface area contributed by atoms with Gasteiger partial charge in [-0.1, -0.05) is 20.8 Å². The second kappa shape index (κ2) is 6.71. The van der Waals surface area contributed by atoms with Gasteiger partial charge in [-0.2, -0.15) is 0 Å². The molecule has 2 aliphatic rings. The highest BCUT2D eigenvalue weighted by atomic mass is 16.1. The van der Waals surface area contributed by atoms with Crippen LogP contribution in [0.15, 0.2) is 29.7 Å². The van der Waals surface area contributed by atoms with Crippen molar-refractivity contribution in [2.24, 2.45) is 18.9 Å². The Labute approximate surface area is 160 Å². The van der Waals surface area contributed by atoms with E-state index in [1.807, 2.05) is 0 Å². The van der Waals surface area contributed by atoms with Gasteiger partial charge in [-0.15, -0.1) is 0 Å². The topological polar surface area (TPSA) is 67.2 Å². The molecular weight excluding hydrogens is 340 g/mol. The number of anilines is 1. The predicted octanol–water partition coefficient (Wildman–Crippen LogP) is 1.44. The quantitative estimate of drug-likeness (QED) is 0.817. The summed E-state index contributed by atoms with van der Waals surface area (Å²) in [5, 5.41) is 0. The van der Waals surface area contributed by atoms with Crippen LogP contribution in [0, 0.1) is 11.8 Å². The van der Waals surface area contributed by atoms with Gasteiger partial charge in [-0.25, -0.2) is 15.0 Å². The van der Waals surface area contributed by atoms with E-state index in [1.54, 1.807) is 30.5 Å². The molecule has 7 heteroatoms. The van der Waals surface area contributed by atoms with Gasteiger partial charge in [0.25, 0.3) is 5.56 Å². The molecule has 2 atom stereocenters. The molecule has 2 aromatic rings. The van der Waals surface area contributed by atoms with Crippen LogP contribution in [-0.4, -0.2) is 50.6 Å². The number of likely N-dealkylation sites (tertiary alicyclic amines) is 1. The van der Waals surface area contributed by atoms with Gasteiger partial charge in [0.15, 0.2) is 0 Å². The van der Waals surface area contributed by atoms with Crippen LogP contribution < -0.4 is 10.5 Å². The van der Waals surface area contributed by atoms with Gasteiger partial charge in [-0.3, -0.25) is 9.69 Å². The van der Waals surface area contributed by atoms with E-state index in [2.05, 4.69) is 51.6 Å². The average Bonchev–Trinajstić information content (AvgIpc) is 3.17. The van der Waals surface area contributed by atoms with Crippen LogP contribution in [0.3, 0.4) is 0 Å². The van der Waals surface area contributed by atoms with Crippen molar-refractivity contribution >= 4 is 5.82 Å². The van der Waals surface area contributed by atoms with Gasteiger partial charge in [-0.05, 0) is 11.8 Å². The number of hydrogen-bond donors (Lipinski definition) is 0. The molecule has 2 unspecified atom stereocenters. The van der Waals surface area contributed by atoms with Crippen LogP contribution in [0.25, 0.3) is 0 Å². The van der Waals surface area contributed by atoms with E-state index in [0.29, 0.717) is 18.4 Å². The summed E-state index contributed by atoms with van der Waals surface area (Å²) < 4.78 is 1.55. The van der Waals surface area contributed by atoms with E-state index in [1.165, 1.54) is 0 Å². The van der Waals surface area contributed by atoms with Crippen molar-refractivity contribution in [3.8, 4) is 0 Å². The SMILES string of the molecule is Cn1cncc(CN2CC3CN(c4cc(C(C)(C)C)ncn4)CC3C2)c1=O. The standard InChI is InChI=1S/C20H28N6O/c1-20(2,3)17-5-18(23-12-22-17)26-10-15-8-25(9-16(15)11-26)7-14-6-21-13-24(4)19(14)27/h5-6,12-13,15-16H,7-11H2,1-4H3. The summed E-state index contributed by atoms with van der Waals surface area (Å²) >= 11 is 0. The molecule has 0 amide bonds. The molecule has 2 saturated heterocycles. The van der Waals surface area contributed by atoms with Crippen LogP contribution in [0.4, 0.5) is 5.82 Å². The Kier molecular flexibility index (Phi) is 4.50. The minimum absolute atomic E-state index is 0.0278. The number of rotatable bonds is 3. The maximum absolute atomic E-state index is 12.2. The third kappa shape index (κ3) is 3.60. The first-order valence-corrected chi connectivity index (χ1v) is 9.60. The Morgan fingerprint density at radius 3 is 2.48 bits per heavy atom. The molecule has 0 aliphatic carbocycles. The normalized spacial score (nSPS) is 23.0.